The van der Waals surface area contributed by atoms with E-state index < -0.39 is 0 Å². The van der Waals surface area contributed by atoms with Gasteiger partial charge in [0.05, 0.1) is 18.7 Å². The van der Waals surface area contributed by atoms with Gasteiger partial charge in [-0.25, -0.2) is 0 Å². The molecule has 0 unspecified atom stereocenters. The molecule has 1 N–H and O–H groups in total. The molecule has 0 bridgehead atoms. The lowest BCUT2D eigenvalue weighted by Gasteiger charge is -2.03. The maximum atomic E-state index is 9.06. The summed E-state index contributed by atoms with van der Waals surface area (Å²) in [6, 6.07) is 22.3. The summed E-state index contributed by atoms with van der Waals surface area (Å²) in [5, 5.41) is 14.9. The lowest BCUT2D eigenvalue weighted by atomic mass is 10.2. The molecule has 24 heavy (non-hydrogen) atoms. The second kappa shape index (κ2) is 6.34. The van der Waals surface area contributed by atoms with Crippen molar-refractivity contribution in [3.05, 3.63) is 78.1 Å². The van der Waals surface area contributed by atoms with Crippen molar-refractivity contribution >= 4 is 10.9 Å². The van der Waals surface area contributed by atoms with Gasteiger partial charge in [0.25, 0.3) is 0 Å². The third kappa shape index (κ3) is 2.72. The minimum absolute atomic E-state index is 0.0795. The summed E-state index contributed by atoms with van der Waals surface area (Å²) in [5.74, 6) is 1.51. The Morgan fingerprint density at radius 1 is 0.917 bits per heavy atom. The number of hydrogen-bond acceptors (Lipinski definition) is 3. The van der Waals surface area contributed by atoms with E-state index in [9.17, 15) is 0 Å². The third-order valence-corrected chi connectivity index (χ3v) is 4.09. The Labute approximate surface area is 140 Å². The van der Waals surface area contributed by atoms with Crippen LogP contribution in [0.4, 0.5) is 0 Å². The molecule has 2 aromatic carbocycles. The Kier molecular flexibility index (Phi) is 3.89. The van der Waals surface area contributed by atoms with E-state index in [4.69, 9.17) is 14.6 Å². The monoisotopic (exact) mass is 318 g/mol. The normalized spacial score (nSPS) is 11.2. The minimum atomic E-state index is 0.0795. The lowest BCUT2D eigenvalue weighted by Crippen LogP contribution is -2.01. The highest BCUT2D eigenvalue weighted by Crippen LogP contribution is 2.29. The van der Waals surface area contributed by atoms with E-state index in [2.05, 4.69) is 24.3 Å². The molecule has 4 aromatic rings. The maximum Gasteiger partial charge on any atom is 0.155 e. The zero-order valence-corrected chi connectivity index (χ0v) is 13.2. The van der Waals surface area contributed by atoms with E-state index in [0.29, 0.717) is 13.0 Å². The molecule has 0 fully saturated rings. The van der Waals surface area contributed by atoms with Crippen LogP contribution in [-0.2, 0) is 13.0 Å². The SMILES string of the molecule is OCCc1ccc(-c2nn(Cc3ccccc3)c3ccccc23)o1. The summed E-state index contributed by atoms with van der Waals surface area (Å²) in [7, 11) is 0. The highest BCUT2D eigenvalue weighted by atomic mass is 16.3. The minimum Gasteiger partial charge on any atom is -0.459 e. The molecule has 0 radical (unpaired) electrons. The quantitative estimate of drug-likeness (QED) is 0.607. The second-order valence-corrected chi connectivity index (χ2v) is 5.75. The van der Waals surface area contributed by atoms with Crippen molar-refractivity contribution in [2.75, 3.05) is 6.61 Å². The smallest absolute Gasteiger partial charge is 0.155 e. The van der Waals surface area contributed by atoms with Gasteiger partial charge in [0, 0.05) is 11.8 Å². The number of hydrogen-bond donors (Lipinski definition) is 1. The topological polar surface area (TPSA) is 51.2 Å². The van der Waals surface area contributed by atoms with Gasteiger partial charge in [-0.3, -0.25) is 4.68 Å². The Morgan fingerprint density at radius 3 is 2.54 bits per heavy atom. The number of fused-ring (bicyclic) bond motifs is 1. The molecule has 2 heterocycles. The third-order valence-electron chi connectivity index (χ3n) is 4.09. The second-order valence-electron chi connectivity index (χ2n) is 5.75. The molecular weight excluding hydrogens is 300 g/mol. The first-order valence-electron chi connectivity index (χ1n) is 8.04. The predicted octanol–water partition coefficient (Wildman–Crippen LogP) is 3.88. The number of aliphatic hydroxyl groups is 1. The van der Waals surface area contributed by atoms with Crippen LogP contribution in [-0.4, -0.2) is 21.5 Å². The number of para-hydroxylation sites is 1. The number of benzene rings is 2. The Bertz CT molecular complexity index is 954. The summed E-state index contributed by atoms with van der Waals surface area (Å²) in [6.07, 6.45) is 0.517. The number of furan rings is 1. The van der Waals surface area contributed by atoms with E-state index in [1.165, 1.54) is 5.56 Å². The van der Waals surface area contributed by atoms with Crippen molar-refractivity contribution in [1.29, 1.82) is 0 Å². The first kappa shape index (κ1) is 14.7. The van der Waals surface area contributed by atoms with Crippen LogP contribution in [0.5, 0.6) is 0 Å². The van der Waals surface area contributed by atoms with Crippen LogP contribution < -0.4 is 0 Å². The van der Waals surface area contributed by atoms with Gasteiger partial charge in [-0.1, -0.05) is 48.5 Å². The fourth-order valence-corrected chi connectivity index (χ4v) is 2.94. The van der Waals surface area contributed by atoms with Gasteiger partial charge in [-0.2, -0.15) is 5.10 Å². The van der Waals surface area contributed by atoms with E-state index in [1.807, 2.05) is 47.1 Å². The highest BCUT2D eigenvalue weighted by Gasteiger charge is 2.15. The first-order chi connectivity index (χ1) is 11.8. The molecule has 0 aliphatic heterocycles. The fraction of sp³-hybridized carbons (Fsp3) is 0.150. The van der Waals surface area contributed by atoms with Gasteiger partial charge in [0.15, 0.2) is 5.76 Å². The molecule has 4 rings (SSSR count). The van der Waals surface area contributed by atoms with E-state index in [1.54, 1.807) is 0 Å². The van der Waals surface area contributed by atoms with Gasteiger partial charge < -0.3 is 9.52 Å². The molecule has 120 valence electrons. The van der Waals surface area contributed by atoms with Gasteiger partial charge >= 0.3 is 0 Å². The van der Waals surface area contributed by atoms with Gasteiger partial charge in [-0.05, 0) is 23.8 Å². The van der Waals surface area contributed by atoms with Crippen molar-refractivity contribution in [3.63, 3.8) is 0 Å². The van der Waals surface area contributed by atoms with Gasteiger partial charge in [-0.15, -0.1) is 0 Å². The molecular formula is C20H18N2O2. The summed E-state index contributed by atoms with van der Waals surface area (Å²) >= 11 is 0. The fourth-order valence-electron chi connectivity index (χ4n) is 2.94. The van der Waals surface area contributed by atoms with Crippen LogP contribution in [0.1, 0.15) is 11.3 Å². The average molecular weight is 318 g/mol. The molecule has 0 spiro atoms. The number of rotatable bonds is 5. The van der Waals surface area contributed by atoms with Crippen molar-refractivity contribution in [3.8, 4) is 11.5 Å². The number of aliphatic hydroxyl groups excluding tert-OH is 1. The van der Waals surface area contributed by atoms with E-state index in [0.717, 1.165) is 28.1 Å². The zero-order chi connectivity index (χ0) is 16.4. The van der Waals surface area contributed by atoms with Crippen molar-refractivity contribution in [2.45, 2.75) is 13.0 Å². The molecule has 4 nitrogen and oxygen atoms in total. The van der Waals surface area contributed by atoms with Crippen LogP contribution >= 0.6 is 0 Å². The first-order valence-corrected chi connectivity index (χ1v) is 8.04. The van der Waals surface area contributed by atoms with Crippen molar-refractivity contribution in [1.82, 2.24) is 9.78 Å². The molecule has 2 aromatic heterocycles. The molecule has 4 heteroatoms. The number of aromatic nitrogens is 2. The summed E-state index contributed by atoms with van der Waals surface area (Å²) in [6.45, 7) is 0.793. The molecule has 0 amide bonds. The van der Waals surface area contributed by atoms with E-state index >= 15 is 0 Å². The standard InChI is InChI=1S/C20H18N2O2/c23-13-12-16-10-11-19(24-16)20-17-8-4-5-9-18(17)22(21-20)14-15-6-2-1-3-7-15/h1-11,23H,12-14H2. The molecule has 0 aliphatic rings. The Balaban J connectivity index is 1.78. The van der Waals surface area contributed by atoms with Crippen molar-refractivity contribution < 1.29 is 9.52 Å². The van der Waals surface area contributed by atoms with Crippen LogP contribution in [0.15, 0.2) is 71.1 Å². The highest BCUT2D eigenvalue weighted by molar-refractivity contribution is 5.92. The zero-order valence-electron chi connectivity index (χ0n) is 13.2. The number of nitrogens with zero attached hydrogens (tertiary/aromatic N) is 2. The van der Waals surface area contributed by atoms with Crippen molar-refractivity contribution in [2.24, 2.45) is 0 Å². The molecule has 0 saturated heterocycles. The molecule has 0 atom stereocenters. The predicted molar refractivity (Wildman–Crippen MR) is 93.8 cm³/mol. The summed E-state index contributed by atoms with van der Waals surface area (Å²) in [5.41, 5.74) is 3.12. The largest absolute Gasteiger partial charge is 0.459 e. The van der Waals surface area contributed by atoms with E-state index in [-0.39, 0.29) is 6.61 Å². The van der Waals surface area contributed by atoms with Gasteiger partial charge in [0.2, 0.25) is 0 Å². The van der Waals surface area contributed by atoms with Crippen LogP contribution in [0.2, 0.25) is 0 Å². The lowest BCUT2D eigenvalue weighted by molar-refractivity contribution is 0.288. The molecule has 0 saturated carbocycles. The maximum absolute atomic E-state index is 9.06. The Morgan fingerprint density at radius 2 is 1.71 bits per heavy atom. The van der Waals surface area contributed by atoms with Crippen LogP contribution in [0, 0.1) is 0 Å². The average Bonchev–Trinajstić information content (AvgIpc) is 3.22. The van der Waals surface area contributed by atoms with Gasteiger partial charge in [0.1, 0.15) is 11.5 Å². The van der Waals surface area contributed by atoms with Crippen LogP contribution in [0.3, 0.4) is 0 Å². The summed E-state index contributed by atoms with van der Waals surface area (Å²) < 4.78 is 7.85. The molecule has 0 aliphatic carbocycles. The summed E-state index contributed by atoms with van der Waals surface area (Å²) in [4.78, 5) is 0. The van der Waals surface area contributed by atoms with Crippen LogP contribution in [0.25, 0.3) is 22.4 Å². The Hall–Kier alpha value is -2.85.